The summed E-state index contributed by atoms with van der Waals surface area (Å²) >= 11 is 11.7. The second kappa shape index (κ2) is 3.65. The molecule has 0 bridgehead atoms. The minimum atomic E-state index is -0.101. The third-order valence-corrected chi connectivity index (χ3v) is 2.37. The molecular formula is C8H7Cl2N3O. The molecule has 0 aromatic heterocycles. The highest BCUT2D eigenvalue weighted by atomic mass is 35.5. The van der Waals surface area contributed by atoms with Gasteiger partial charge in [-0.2, -0.15) is 0 Å². The summed E-state index contributed by atoms with van der Waals surface area (Å²) in [6, 6.07) is 5.09. The third-order valence-electron chi connectivity index (χ3n) is 1.83. The fourth-order valence-electron chi connectivity index (χ4n) is 1.20. The van der Waals surface area contributed by atoms with Gasteiger partial charge < -0.3 is 0 Å². The first-order chi connectivity index (χ1) is 6.66. The number of amides is 1. The molecule has 74 valence electrons. The summed E-state index contributed by atoms with van der Waals surface area (Å²) in [6.07, 6.45) is 0. The van der Waals surface area contributed by atoms with Crippen LogP contribution in [0.2, 0.25) is 10.0 Å². The third kappa shape index (κ3) is 1.77. The first-order valence-electron chi connectivity index (χ1n) is 3.94. The number of hydrazine groups is 2. The molecule has 1 amide bonds. The Bertz CT molecular complexity index is 383. The normalized spacial score (nSPS) is 15.9. The van der Waals surface area contributed by atoms with Crippen LogP contribution in [0.3, 0.4) is 0 Å². The van der Waals surface area contributed by atoms with Crippen molar-refractivity contribution < 1.29 is 4.79 Å². The Balaban J connectivity index is 2.28. The maximum Gasteiger partial charge on any atom is 0.256 e. The lowest BCUT2D eigenvalue weighted by atomic mass is 10.3. The van der Waals surface area contributed by atoms with Crippen molar-refractivity contribution >= 4 is 34.8 Å². The monoisotopic (exact) mass is 231 g/mol. The van der Waals surface area contributed by atoms with Crippen LogP contribution >= 0.6 is 23.2 Å². The lowest BCUT2D eigenvalue weighted by molar-refractivity contribution is -0.118. The Morgan fingerprint density at radius 1 is 1.36 bits per heavy atom. The van der Waals surface area contributed by atoms with Crippen LogP contribution in [0.1, 0.15) is 0 Å². The SMILES string of the molecule is O=C1CN(c2ccc(Cl)cc2Cl)NN1. The molecule has 1 aromatic rings. The van der Waals surface area contributed by atoms with Gasteiger partial charge in [0.15, 0.2) is 0 Å². The van der Waals surface area contributed by atoms with Gasteiger partial charge in [-0.25, -0.2) is 0 Å². The summed E-state index contributed by atoms with van der Waals surface area (Å²) < 4.78 is 0. The number of nitrogens with zero attached hydrogens (tertiary/aromatic N) is 1. The second-order valence-corrected chi connectivity index (χ2v) is 3.69. The number of anilines is 1. The smallest absolute Gasteiger partial charge is 0.256 e. The van der Waals surface area contributed by atoms with E-state index in [4.69, 9.17) is 23.2 Å². The van der Waals surface area contributed by atoms with Gasteiger partial charge in [0.1, 0.15) is 6.54 Å². The number of hydrogen-bond donors (Lipinski definition) is 2. The van der Waals surface area contributed by atoms with Gasteiger partial charge in [0.25, 0.3) is 5.91 Å². The zero-order chi connectivity index (χ0) is 10.1. The van der Waals surface area contributed by atoms with Crippen molar-refractivity contribution in [3.63, 3.8) is 0 Å². The van der Waals surface area contributed by atoms with Gasteiger partial charge >= 0.3 is 0 Å². The molecule has 14 heavy (non-hydrogen) atoms. The summed E-state index contributed by atoms with van der Waals surface area (Å²) in [5, 5.41) is 2.68. The van der Waals surface area contributed by atoms with Crippen molar-refractivity contribution in [1.29, 1.82) is 0 Å². The summed E-state index contributed by atoms with van der Waals surface area (Å²) in [6.45, 7) is 0.237. The zero-order valence-electron chi connectivity index (χ0n) is 7.05. The average molecular weight is 232 g/mol. The van der Waals surface area contributed by atoms with Gasteiger partial charge in [0.2, 0.25) is 0 Å². The van der Waals surface area contributed by atoms with Crippen LogP contribution in [0, 0.1) is 0 Å². The van der Waals surface area contributed by atoms with Gasteiger partial charge in [-0.1, -0.05) is 23.2 Å². The molecule has 0 saturated carbocycles. The summed E-state index contributed by atoms with van der Waals surface area (Å²) in [5.41, 5.74) is 5.86. The van der Waals surface area contributed by atoms with E-state index in [0.717, 1.165) is 5.69 Å². The van der Waals surface area contributed by atoms with E-state index in [1.54, 1.807) is 23.2 Å². The highest BCUT2D eigenvalue weighted by Crippen LogP contribution is 2.28. The number of nitrogens with one attached hydrogen (secondary N) is 2. The predicted molar refractivity (Wildman–Crippen MR) is 55.1 cm³/mol. The van der Waals surface area contributed by atoms with Gasteiger partial charge in [-0.3, -0.25) is 15.2 Å². The van der Waals surface area contributed by atoms with Crippen LogP contribution in [0.25, 0.3) is 0 Å². The molecule has 2 N–H and O–H groups in total. The molecule has 1 aromatic carbocycles. The first-order valence-corrected chi connectivity index (χ1v) is 4.69. The van der Waals surface area contributed by atoms with Crippen molar-refractivity contribution in [3.8, 4) is 0 Å². The van der Waals surface area contributed by atoms with Gasteiger partial charge in [-0.15, -0.1) is 5.53 Å². The largest absolute Gasteiger partial charge is 0.280 e. The number of hydrogen-bond acceptors (Lipinski definition) is 3. The Hall–Kier alpha value is -0.970. The van der Waals surface area contributed by atoms with E-state index in [0.29, 0.717) is 10.0 Å². The number of carbonyl (C=O) groups is 1. The van der Waals surface area contributed by atoms with E-state index in [1.807, 2.05) is 0 Å². The molecule has 0 aliphatic carbocycles. The highest BCUT2D eigenvalue weighted by molar-refractivity contribution is 6.36. The van der Waals surface area contributed by atoms with Crippen molar-refractivity contribution in [1.82, 2.24) is 11.0 Å². The Kier molecular flexibility index (Phi) is 2.50. The van der Waals surface area contributed by atoms with Crippen LogP contribution in [0.5, 0.6) is 0 Å². The molecule has 1 aliphatic rings. The molecule has 1 aliphatic heterocycles. The van der Waals surface area contributed by atoms with E-state index in [2.05, 4.69) is 11.0 Å². The molecule has 1 fully saturated rings. The quantitative estimate of drug-likeness (QED) is 0.768. The van der Waals surface area contributed by atoms with Crippen LogP contribution in [-0.4, -0.2) is 12.5 Å². The Morgan fingerprint density at radius 2 is 2.14 bits per heavy atom. The maximum absolute atomic E-state index is 10.9. The number of rotatable bonds is 1. The predicted octanol–water partition coefficient (Wildman–Crippen LogP) is 1.35. The molecule has 4 nitrogen and oxygen atoms in total. The van der Waals surface area contributed by atoms with Crippen molar-refractivity contribution in [2.24, 2.45) is 0 Å². The molecule has 2 rings (SSSR count). The fourth-order valence-corrected chi connectivity index (χ4v) is 1.71. The van der Waals surface area contributed by atoms with Crippen molar-refractivity contribution in [2.45, 2.75) is 0 Å². The van der Waals surface area contributed by atoms with E-state index in [-0.39, 0.29) is 12.5 Å². The molecule has 1 heterocycles. The Labute approximate surface area is 90.7 Å². The minimum absolute atomic E-state index is 0.101. The topological polar surface area (TPSA) is 44.4 Å². The average Bonchev–Trinajstić information content (AvgIpc) is 2.51. The zero-order valence-corrected chi connectivity index (χ0v) is 8.56. The molecular weight excluding hydrogens is 225 g/mol. The number of carbonyl (C=O) groups excluding carboxylic acids is 1. The molecule has 0 radical (unpaired) electrons. The molecule has 1 saturated heterocycles. The second-order valence-electron chi connectivity index (χ2n) is 2.84. The fraction of sp³-hybridized carbons (Fsp3) is 0.125. The van der Waals surface area contributed by atoms with Gasteiger partial charge in [0.05, 0.1) is 10.7 Å². The summed E-state index contributed by atoms with van der Waals surface area (Å²) in [7, 11) is 0. The lowest BCUT2D eigenvalue weighted by Gasteiger charge is -2.16. The van der Waals surface area contributed by atoms with Crippen molar-refractivity contribution in [3.05, 3.63) is 28.2 Å². The van der Waals surface area contributed by atoms with E-state index < -0.39 is 0 Å². The first kappa shape index (κ1) is 9.58. The standard InChI is InChI=1S/C8H7Cl2N3O/c9-5-1-2-7(6(10)3-5)13-4-8(14)11-12-13/h1-3,12H,4H2,(H,11,14). The van der Waals surface area contributed by atoms with E-state index in [9.17, 15) is 4.79 Å². The maximum atomic E-state index is 10.9. The van der Waals surface area contributed by atoms with Crippen LogP contribution in [0.15, 0.2) is 18.2 Å². The summed E-state index contributed by atoms with van der Waals surface area (Å²) in [4.78, 5) is 10.9. The number of benzene rings is 1. The van der Waals surface area contributed by atoms with Crippen LogP contribution < -0.4 is 16.0 Å². The summed E-state index contributed by atoms with van der Waals surface area (Å²) in [5.74, 6) is -0.101. The number of halogens is 2. The van der Waals surface area contributed by atoms with Gasteiger partial charge in [-0.05, 0) is 18.2 Å². The highest BCUT2D eigenvalue weighted by Gasteiger charge is 2.20. The molecule has 0 unspecified atom stereocenters. The van der Waals surface area contributed by atoms with Gasteiger partial charge in [0, 0.05) is 5.02 Å². The molecule has 0 spiro atoms. The Morgan fingerprint density at radius 3 is 2.71 bits per heavy atom. The van der Waals surface area contributed by atoms with Crippen LogP contribution in [-0.2, 0) is 4.79 Å². The van der Waals surface area contributed by atoms with E-state index in [1.165, 1.54) is 0 Å². The van der Waals surface area contributed by atoms with Crippen molar-refractivity contribution in [2.75, 3.05) is 11.6 Å². The van der Waals surface area contributed by atoms with E-state index >= 15 is 0 Å². The lowest BCUT2D eigenvalue weighted by Crippen LogP contribution is -2.36. The minimum Gasteiger partial charge on any atom is -0.280 e. The molecule has 6 heteroatoms. The molecule has 0 atom stereocenters. The van der Waals surface area contributed by atoms with Crippen LogP contribution in [0.4, 0.5) is 5.69 Å².